The molecule has 2 aromatic rings. The molecule has 6 heteroatoms. The number of hydrogen-bond donors (Lipinski definition) is 0. The Balaban J connectivity index is 2.32. The van der Waals surface area contributed by atoms with Gasteiger partial charge < -0.3 is 0 Å². The number of nitrogens with zero attached hydrogens (tertiary/aromatic N) is 2. The SMILES string of the molecule is N#CC(C#N)[C@@H](CC(=O)c1ccccc1)c1ccc(C(F)(F)F)cc1. The molecule has 3 nitrogen and oxygen atoms in total. The van der Waals surface area contributed by atoms with Crippen LogP contribution in [0, 0.1) is 28.6 Å². The molecular weight excluding hydrogens is 329 g/mol. The first-order valence-corrected chi connectivity index (χ1v) is 7.41. The summed E-state index contributed by atoms with van der Waals surface area (Å²) in [5.41, 5.74) is -0.0470. The largest absolute Gasteiger partial charge is 0.416 e. The van der Waals surface area contributed by atoms with E-state index in [1.165, 1.54) is 12.1 Å². The van der Waals surface area contributed by atoms with Crippen molar-refractivity contribution in [3.8, 4) is 12.1 Å². The molecule has 0 amide bonds. The number of carbonyl (C=O) groups excluding carboxylic acids is 1. The van der Waals surface area contributed by atoms with Gasteiger partial charge in [-0.15, -0.1) is 0 Å². The second kappa shape index (κ2) is 7.63. The lowest BCUT2D eigenvalue weighted by atomic mass is 9.82. The minimum absolute atomic E-state index is 0.138. The van der Waals surface area contributed by atoms with Gasteiger partial charge in [0.1, 0.15) is 5.92 Å². The van der Waals surface area contributed by atoms with Crippen molar-refractivity contribution in [3.63, 3.8) is 0 Å². The van der Waals surface area contributed by atoms with Gasteiger partial charge in [0.15, 0.2) is 5.78 Å². The summed E-state index contributed by atoms with van der Waals surface area (Å²) in [4.78, 5) is 12.4. The van der Waals surface area contributed by atoms with Gasteiger partial charge in [0.25, 0.3) is 0 Å². The van der Waals surface area contributed by atoms with Crippen LogP contribution in [-0.4, -0.2) is 5.78 Å². The third-order valence-corrected chi connectivity index (χ3v) is 3.85. The molecule has 0 saturated heterocycles. The second-order valence-electron chi connectivity index (χ2n) is 5.46. The molecule has 0 bridgehead atoms. The van der Waals surface area contributed by atoms with E-state index in [0.29, 0.717) is 11.1 Å². The van der Waals surface area contributed by atoms with Crippen molar-refractivity contribution in [3.05, 3.63) is 71.3 Å². The fraction of sp³-hybridized carbons (Fsp3) is 0.211. The summed E-state index contributed by atoms with van der Waals surface area (Å²) in [7, 11) is 0. The van der Waals surface area contributed by atoms with E-state index in [1.807, 2.05) is 12.1 Å². The molecule has 0 aliphatic heterocycles. The highest BCUT2D eigenvalue weighted by Gasteiger charge is 2.31. The van der Waals surface area contributed by atoms with Gasteiger partial charge in [0, 0.05) is 17.9 Å². The molecule has 0 aliphatic rings. The Bertz CT molecular complexity index is 801. The summed E-state index contributed by atoms with van der Waals surface area (Å²) in [6.45, 7) is 0. The lowest BCUT2D eigenvalue weighted by Crippen LogP contribution is -2.15. The minimum Gasteiger partial charge on any atom is -0.294 e. The summed E-state index contributed by atoms with van der Waals surface area (Å²) in [6.07, 6.45) is -4.61. The maximum absolute atomic E-state index is 12.7. The van der Waals surface area contributed by atoms with Crippen molar-refractivity contribution in [2.45, 2.75) is 18.5 Å². The summed E-state index contributed by atoms with van der Waals surface area (Å²) in [5.74, 6) is -2.21. The quantitative estimate of drug-likeness (QED) is 0.738. The molecule has 0 aliphatic carbocycles. The molecule has 0 radical (unpaired) electrons. The predicted molar refractivity (Wildman–Crippen MR) is 84.3 cm³/mol. The molecule has 0 saturated carbocycles. The Morgan fingerprint density at radius 2 is 1.52 bits per heavy atom. The third-order valence-electron chi connectivity index (χ3n) is 3.85. The van der Waals surface area contributed by atoms with Crippen LogP contribution in [-0.2, 0) is 6.18 Å². The first-order valence-electron chi connectivity index (χ1n) is 7.41. The van der Waals surface area contributed by atoms with Gasteiger partial charge in [0.2, 0.25) is 0 Å². The maximum Gasteiger partial charge on any atom is 0.416 e. The van der Waals surface area contributed by atoms with Gasteiger partial charge in [-0.3, -0.25) is 4.79 Å². The van der Waals surface area contributed by atoms with Crippen molar-refractivity contribution in [1.82, 2.24) is 0 Å². The summed E-state index contributed by atoms with van der Waals surface area (Å²) in [5, 5.41) is 18.3. The number of carbonyl (C=O) groups is 1. The number of halogens is 3. The zero-order valence-corrected chi connectivity index (χ0v) is 13.0. The van der Waals surface area contributed by atoms with Crippen LogP contribution in [0.4, 0.5) is 13.2 Å². The Morgan fingerprint density at radius 3 is 2.00 bits per heavy atom. The zero-order chi connectivity index (χ0) is 18.4. The lowest BCUT2D eigenvalue weighted by Gasteiger charge is -2.18. The van der Waals surface area contributed by atoms with Crippen LogP contribution in [0.5, 0.6) is 0 Å². The van der Waals surface area contributed by atoms with Crippen molar-refractivity contribution < 1.29 is 18.0 Å². The Kier molecular flexibility index (Phi) is 5.56. The Hall–Kier alpha value is -3.12. The molecular formula is C19H13F3N2O. The topological polar surface area (TPSA) is 64.7 Å². The zero-order valence-electron chi connectivity index (χ0n) is 13.0. The van der Waals surface area contributed by atoms with Gasteiger partial charge in [0.05, 0.1) is 17.7 Å². The summed E-state index contributed by atoms with van der Waals surface area (Å²) in [6, 6.07) is 16.2. The molecule has 1 atom stereocenters. The van der Waals surface area contributed by atoms with Crippen LogP contribution >= 0.6 is 0 Å². The fourth-order valence-electron chi connectivity index (χ4n) is 2.50. The molecule has 2 rings (SSSR count). The van der Waals surface area contributed by atoms with E-state index in [1.54, 1.807) is 30.3 Å². The van der Waals surface area contributed by atoms with Crippen molar-refractivity contribution in [1.29, 1.82) is 10.5 Å². The van der Waals surface area contributed by atoms with E-state index >= 15 is 0 Å². The number of nitriles is 2. The number of benzene rings is 2. The number of hydrogen-bond acceptors (Lipinski definition) is 3. The van der Waals surface area contributed by atoms with Crippen LogP contribution in [0.1, 0.15) is 33.8 Å². The number of Topliss-reactive ketones (excluding diaryl/α,β-unsaturated/α-hetero) is 1. The second-order valence-corrected chi connectivity index (χ2v) is 5.46. The molecule has 0 N–H and O–H groups in total. The van der Waals surface area contributed by atoms with Crippen molar-refractivity contribution in [2.24, 2.45) is 5.92 Å². The lowest BCUT2D eigenvalue weighted by molar-refractivity contribution is -0.137. The first-order chi connectivity index (χ1) is 11.9. The molecule has 0 unspecified atom stereocenters. The molecule has 25 heavy (non-hydrogen) atoms. The summed E-state index contributed by atoms with van der Waals surface area (Å²) < 4.78 is 38.1. The van der Waals surface area contributed by atoms with Gasteiger partial charge >= 0.3 is 6.18 Å². The van der Waals surface area contributed by atoms with Crippen LogP contribution in [0.3, 0.4) is 0 Å². The molecule has 0 fully saturated rings. The van der Waals surface area contributed by atoms with Gasteiger partial charge in [-0.25, -0.2) is 0 Å². The molecule has 0 heterocycles. The molecule has 0 aromatic heterocycles. The number of ketones is 1. The van der Waals surface area contributed by atoms with E-state index in [-0.39, 0.29) is 12.2 Å². The molecule has 126 valence electrons. The standard InChI is InChI=1S/C19H13F3N2O/c20-19(21,22)16-8-6-13(7-9-16)17(15(11-23)12-24)10-18(25)14-4-2-1-3-5-14/h1-9,15,17H,10H2/t17-/m0/s1. The number of alkyl halides is 3. The molecule has 0 spiro atoms. The van der Waals surface area contributed by atoms with Gasteiger partial charge in [-0.1, -0.05) is 42.5 Å². The van der Waals surface area contributed by atoms with E-state index in [4.69, 9.17) is 10.5 Å². The average molecular weight is 342 g/mol. The van der Waals surface area contributed by atoms with Crippen LogP contribution in [0.25, 0.3) is 0 Å². The average Bonchev–Trinajstić information content (AvgIpc) is 2.62. The van der Waals surface area contributed by atoms with E-state index in [2.05, 4.69) is 0 Å². The maximum atomic E-state index is 12.7. The smallest absolute Gasteiger partial charge is 0.294 e. The minimum atomic E-state index is -4.47. The molecule has 2 aromatic carbocycles. The van der Waals surface area contributed by atoms with E-state index in [0.717, 1.165) is 12.1 Å². The van der Waals surface area contributed by atoms with Gasteiger partial charge in [-0.05, 0) is 17.7 Å². The monoisotopic (exact) mass is 342 g/mol. The summed E-state index contributed by atoms with van der Waals surface area (Å²) >= 11 is 0. The van der Waals surface area contributed by atoms with Crippen LogP contribution in [0.2, 0.25) is 0 Å². The first kappa shape index (κ1) is 18.2. The Labute approximate surface area is 142 Å². The highest BCUT2D eigenvalue weighted by Crippen LogP contribution is 2.33. The highest BCUT2D eigenvalue weighted by molar-refractivity contribution is 5.96. The highest BCUT2D eigenvalue weighted by atomic mass is 19.4. The van der Waals surface area contributed by atoms with E-state index < -0.39 is 23.6 Å². The fourth-order valence-corrected chi connectivity index (χ4v) is 2.50. The van der Waals surface area contributed by atoms with Gasteiger partial charge in [-0.2, -0.15) is 23.7 Å². The Morgan fingerprint density at radius 1 is 0.960 bits per heavy atom. The third kappa shape index (κ3) is 4.45. The predicted octanol–water partition coefficient (Wildman–Crippen LogP) is 4.73. The van der Waals surface area contributed by atoms with Crippen molar-refractivity contribution >= 4 is 5.78 Å². The van der Waals surface area contributed by atoms with Crippen molar-refractivity contribution in [2.75, 3.05) is 0 Å². The van der Waals surface area contributed by atoms with Crippen LogP contribution < -0.4 is 0 Å². The van der Waals surface area contributed by atoms with Crippen LogP contribution in [0.15, 0.2) is 54.6 Å². The number of rotatable bonds is 5. The van der Waals surface area contributed by atoms with E-state index in [9.17, 15) is 18.0 Å². The normalized spacial score (nSPS) is 12.2.